The first-order valence-electron chi connectivity index (χ1n) is 9.83. The first kappa shape index (κ1) is 18.8. The van der Waals surface area contributed by atoms with Gasteiger partial charge in [-0.25, -0.2) is 4.98 Å². The van der Waals surface area contributed by atoms with E-state index in [1.54, 1.807) is 24.0 Å². The van der Waals surface area contributed by atoms with Crippen LogP contribution in [-0.2, 0) is 25.9 Å². The van der Waals surface area contributed by atoms with Crippen LogP contribution in [0.15, 0.2) is 82.6 Å². The standard InChI is InChI=1S/C24H21N3O2S/c1-26-13-12-25-24(26)30-16-19-10-11-22(29-19)23(28)27-14-17-6-2-4-8-20(17)21-9-5-3-7-18(21)15-27/h2-13H,14-16H2,1H3. The van der Waals surface area contributed by atoms with E-state index in [9.17, 15) is 4.79 Å². The minimum atomic E-state index is -0.0882. The number of fused-ring (bicyclic) bond motifs is 3. The van der Waals surface area contributed by atoms with Crippen molar-refractivity contribution in [2.45, 2.75) is 24.0 Å². The Labute approximate surface area is 179 Å². The van der Waals surface area contributed by atoms with E-state index in [1.165, 1.54) is 11.1 Å². The molecule has 2 aromatic heterocycles. The van der Waals surface area contributed by atoms with Crippen LogP contribution in [0.5, 0.6) is 0 Å². The fourth-order valence-corrected chi connectivity index (χ4v) is 4.63. The highest BCUT2D eigenvalue weighted by molar-refractivity contribution is 7.98. The Balaban J connectivity index is 1.38. The van der Waals surface area contributed by atoms with E-state index in [1.807, 2.05) is 53.0 Å². The SMILES string of the molecule is Cn1ccnc1SCc1ccc(C(=O)N2Cc3ccccc3-c3ccccc3C2)o1. The van der Waals surface area contributed by atoms with Crippen molar-refractivity contribution in [3.05, 3.63) is 95.7 Å². The van der Waals surface area contributed by atoms with E-state index in [-0.39, 0.29) is 5.91 Å². The van der Waals surface area contributed by atoms with Gasteiger partial charge in [-0.2, -0.15) is 0 Å². The van der Waals surface area contributed by atoms with Crippen molar-refractivity contribution in [2.75, 3.05) is 0 Å². The molecule has 6 heteroatoms. The molecule has 0 saturated carbocycles. The maximum Gasteiger partial charge on any atom is 0.290 e. The van der Waals surface area contributed by atoms with Gasteiger partial charge < -0.3 is 13.9 Å². The Hall–Kier alpha value is -3.25. The van der Waals surface area contributed by atoms with Crippen LogP contribution in [0.25, 0.3) is 11.1 Å². The smallest absolute Gasteiger partial charge is 0.290 e. The van der Waals surface area contributed by atoms with Crippen LogP contribution in [0, 0.1) is 0 Å². The molecule has 1 aliphatic heterocycles. The summed E-state index contributed by atoms with van der Waals surface area (Å²) in [5, 5.41) is 0.917. The van der Waals surface area contributed by atoms with Gasteiger partial charge in [-0.15, -0.1) is 0 Å². The van der Waals surface area contributed by atoms with E-state index in [0.29, 0.717) is 24.6 Å². The summed E-state index contributed by atoms with van der Waals surface area (Å²) in [6, 6.07) is 20.2. The first-order chi connectivity index (χ1) is 14.7. The highest BCUT2D eigenvalue weighted by atomic mass is 32.2. The number of aryl methyl sites for hydroxylation is 1. The number of carbonyl (C=O) groups excluding carboxylic acids is 1. The molecule has 4 aromatic rings. The molecule has 0 N–H and O–H groups in total. The third kappa shape index (κ3) is 3.55. The zero-order valence-corrected chi connectivity index (χ0v) is 17.4. The second-order valence-corrected chi connectivity index (χ2v) is 8.29. The van der Waals surface area contributed by atoms with Crippen LogP contribution in [0.4, 0.5) is 0 Å². The van der Waals surface area contributed by atoms with Crippen molar-refractivity contribution in [3.8, 4) is 11.1 Å². The van der Waals surface area contributed by atoms with Crippen LogP contribution in [0.3, 0.4) is 0 Å². The quantitative estimate of drug-likeness (QED) is 0.434. The van der Waals surface area contributed by atoms with Crippen LogP contribution in [0.1, 0.15) is 27.4 Å². The number of amides is 1. The van der Waals surface area contributed by atoms with Crippen molar-refractivity contribution in [3.63, 3.8) is 0 Å². The van der Waals surface area contributed by atoms with E-state index in [2.05, 4.69) is 29.2 Å². The number of nitrogens with zero attached hydrogens (tertiary/aromatic N) is 3. The van der Waals surface area contributed by atoms with Crippen LogP contribution < -0.4 is 0 Å². The normalized spacial score (nSPS) is 12.9. The molecule has 0 spiro atoms. The van der Waals surface area contributed by atoms with E-state index in [4.69, 9.17) is 4.42 Å². The number of thioether (sulfide) groups is 1. The molecular weight excluding hydrogens is 394 g/mol. The zero-order valence-electron chi connectivity index (χ0n) is 16.6. The predicted octanol–water partition coefficient (Wildman–Crippen LogP) is 5.13. The first-order valence-corrected chi connectivity index (χ1v) is 10.8. The minimum absolute atomic E-state index is 0.0882. The van der Waals surface area contributed by atoms with Gasteiger partial charge in [0.1, 0.15) is 5.76 Å². The average Bonchev–Trinajstić information content (AvgIpc) is 3.37. The minimum Gasteiger partial charge on any atom is -0.455 e. The Morgan fingerprint density at radius 3 is 2.30 bits per heavy atom. The number of imidazole rings is 1. The molecular formula is C24H21N3O2S. The maximum absolute atomic E-state index is 13.3. The van der Waals surface area contributed by atoms with Gasteiger partial charge in [0.25, 0.3) is 5.91 Å². The van der Waals surface area contributed by atoms with Gasteiger partial charge in [-0.1, -0.05) is 60.3 Å². The van der Waals surface area contributed by atoms with E-state index >= 15 is 0 Å². The number of benzene rings is 2. The van der Waals surface area contributed by atoms with Crippen LogP contribution in [-0.4, -0.2) is 20.4 Å². The number of rotatable bonds is 4. The number of carbonyl (C=O) groups is 1. The highest BCUT2D eigenvalue weighted by Gasteiger charge is 2.25. The lowest BCUT2D eigenvalue weighted by atomic mass is 9.97. The summed E-state index contributed by atoms with van der Waals surface area (Å²) in [5.41, 5.74) is 4.67. The number of furan rings is 1. The van der Waals surface area contributed by atoms with Crippen molar-refractivity contribution in [1.82, 2.24) is 14.5 Å². The lowest BCUT2D eigenvalue weighted by Gasteiger charge is -2.20. The van der Waals surface area contributed by atoms with E-state index in [0.717, 1.165) is 22.0 Å². The summed E-state index contributed by atoms with van der Waals surface area (Å²) in [4.78, 5) is 19.5. The van der Waals surface area contributed by atoms with Gasteiger partial charge in [-0.05, 0) is 34.4 Å². The van der Waals surface area contributed by atoms with Gasteiger partial charge in [0.15, 0.2) is 10.9 Å². The largest absolute Gasteiger partial charge is 0.455 e. The van der Waals surface area contributed by atoms with Gasteiger partial charge >= 0.3 is 0 Å². The topological polar surface area (TPSA) is 51.3 Å². The van der Waals surface area contributed by atoms with E-state index < -0.39 is 0 Å². The number of aromatic nitrogens is 2. The Morgan fingerprint density at radius 1 is 1.00 bits per heavy atom. The van der Waals surface area contributed by atoms with Crippen molar-refractivity contribution in [2.24, 2.45) is 7.05 Å². The maximum atomic E-state index is 13.3. The lowest BCUT2D eigenvalue weighted by molar-refractivity contribution is 0.0698. The highest BCUT2D eigenvalue weighted by Crippen LogP contribution is 2.33. The molecule has 5 nitrogen and oxygen atoms in total. The zero-order chi connectivity index (χ0) is 20.5. The third-order valence-electron chi connectivity index (χ3n) is 5.33. The Morgan fingerprint density at radius 2 is 1.67 bits per heavy atom. The second kappa shape index (κ2) is 7.88. The lowest BCUT2D eigenvalue weighted by Crippen LogP contribution is -2.29. The molecule has 3 heterocycles. The van der Waals surface area contributed by atoms with Crippen LogP contribution >= 0.6 is 11.8 Å². The molecule has 30 heavy (non-hydrogen) atoms. The molecule has 0 unspecified atom stereocenters. The summed E-state index contributed by atoms with van der Waals surface area (Å²) in [5.74, 6) is 1.68. The van der Waals surface area contributed by atoms with Gasteiger partial charge in [0.2, 0.25) is 0 Å². The van der Waals surface area contributed by atoms with Crippen molar-refractivity contribution in [1.29, 1.82) is 0 Å². The van der Waals surface area contributed by atoms with Gasteiger partial charge in [0, 0.05) is 32.5 Å². The molecule has 1 amide bonds. The number of hydrogen-bond acceptors (Lipinski definition) is 4. The van der Waals surface area contributed by atoms with Crippen molar-refractivity contribution < 1.29 is 9.21 Å². The van der Waals surface area contributed by atoms with Crippen LogP contribution in [0.2, 0.25) is 0 Å². The molecule has 0 fully saturated rings. The molecule has 2 aromatic carbocycles. The summed E-state index contributed by atoms with van der Waals surface area (Å²) in [6.45, 7) is 1.11. The molecule has 0 saturated heterocycles. The molecule has 1 aliphatic rings. The molecule has 0 atom stereocenters. The fourth-order valence-electron chi connectivity index (χ4n) is 3.81. The molecule has 5 rings (SSSR count). The Kier molecular flexibility index (Phi) is 4.93. The molecule has 0 bridgehead atoms. The molecule has 0 aliphatic carbocycles. The molecule has 150 valence electrons. The van der Waals surface area contributed by atoms with Gasteiger partial charge in [-0.3, -0.25) is 4.79 Å². The number of hydrogen-bond donors (Lipinski definition) is 0. The third-order valence-corrected chi connectivity index (χ3v) is 6.41. The molecule has 0 radical (unpaired) electrons. The Bertz CT molecular complexity index is 1160. The average molecular weight is 416 g/mol. The summed E-state index contributed by atoms with van der Waals surface area (Å²) in [7, 11) is 1.96. The fraction of sp³-hybridized carbons (Fsp3) is 0.167. The van der Waals surface area contributed by atoms with Gasteiger partial charge in [0.05, 0.1) is 5.75 Å². The summed E-state index contributed by atoms with van der Waals surface area (Å²) < 4.78 is 7.87. The second-order valence-electron chi connectivity index (χ2n) is 7.35. The summed E-state index contributed by atoms with van der Waals surface area (Å²) in [6.07, 6.45) is 3.68. The predicted molar refractivity (Wildman–Crippen MR) is 117 cm³/mol. The van der Waals surface area contributed by atoms with Crippen molar-refractivity contribution >= 4 is 17.7 Å². The monoisotopic (exact) mass is 415 g/mol. The summed E-state index contributed by atoms with van der Waals surface area (Å²) >= 11 is 1.59.